The monoisotopic (exact) mass is 534 g/mol. The number of nitrogens with zero attached hydrogens (tertiary/aromatic N) is 2. The lowest BCUT2D eigenvalue weighted by molar-refractivity contribution is 0.0162. The van der Waals surface area contributed by atoms with Gasteiger partial charge in [-0.1, -0.05) is 0 Å². The number of rotatable bonds is 9. The molecule has 0 spiro atoms. The van der Waals surface area contributed by atoms with Crippen molar-refractivity contribution in [3.8, 4) is 0 Å². The number of benzene rings is 2. The number of halogens is 4. The van der Waals surface area contributed by atoms with Crippen LogP contribution in [0.3, 0.4) is 0 Å². The van der Waals surface area contributed by atoms with Gasteiger partial charge in [-0.25, -0.2) is 17.6 Å². The smallest absolute Gasteiger partial charge is 0.143 e. The van der Waals surface area contributed by atoms with E-state index in [-0.39, 0.29) is 30.8 Å². The first-order chi connectivity index (χ1) is 18.1. The summed E-state index contributed by atoms with van der Waals surface area (Å²) >= 11 is 0. The minimum atomic E-state index is -2.00. The highest BCUT2D eigenvalue weighted by atomic mass is 19.1. The average Bonchev–Trinajstić information content (AvgIpc) is 3.18. The van der Waals surface area contributed by atoms with E-state index in [1.165, 1.54) is 31.2 Å². The number of nitrogens with one attached hydrogen (secondary N) is 2. The summed E-state index contributed by atoms with van der Waals surface area (Å²) in [7, 11) is 0. The van der Waals surface area contributed by atoms with Crippen LogP contribution >= 0.6 is 0 Å². The Bertz CT molecular complexity index is 1280. The van der Waals surface area contributed by atoms with E-state index in [1.807, 2.05) is 6.92 Å². The third-order valence-electron chi connectivity index (χ3n) is 7.73. The van der Waals surface area contributed by atoms with Crippen LogP contribution in [0.25, 0.3) is 10.9 Å². The van der Waals surface area contributed by atoms with Gasteiger partial charge in [0.1, 0.15) is 23.1 Å². The molecule has 10 heteroatoms. The van der Waals surface area contributed by atoms with Crippen LogP contribution in [0.15, 0.2) is 30.3 Å². The standard InChI is InChI=1S/C28H34F4N4O2/c1-16-8-21-20-5-4-17(29)9-24(20)34-26(21)27(36(16)14-28(2,32)15-38)25-22(30)10-18(11-23(25)31)33-19-12-35(13-19)6-3-7-37/h4-5,9-11,16,19,27,33-34,37-38H,3,6-8,12-15H2,1-2H3/t16-,27-,28?/m1/s1. The van der Waals surface area contributed by atoms with Crippen molar-refractivity contribution in [2.24, 2.45) is 0 Å². The topological polar surface area (TPSA) is 74.8 Å². The molecule has 6 nitrogen and oxygen atoms in total. The van der Waals surface area contributed by atoms with Gasteiger partial charge in [0.25, 0.3) is 0 Å². The van der Waals surface area contributed by atoms with Gasteiger partial charge >= 0.3 is 0 Å². The van der Waals surface area contributed by atoms with Crippen molar-refractivity contribution in [3.63, 3.8) is 0 Å². The summed E-state index contributed by atoms with van der Waals surface area (Å²) in [4.78, 5) is 6.98. The lowest BCUT2D eigenvalue weighted by atomic mass is 9.87. The molecule has 1 saturated heterocycles. The maximum Gasteiger partial charge on any atom is 0.143 e. The molecule has 0 bridgehead atoms. The van der Waals surface area contributed by atoms with E-state index in [0.29, 0.717) is 42.8 Å². The summed E-state index contributed by atoms with van der Waals surface area (Å²) in [5.74, 6) is -1.98. The zero-order valence-electron chi connectivity index (χ0n) is 21.6. The minimum Gasteiger partial charge on any atom is -0.396 e. The summed E-state index contributed by atoms with van der Waals surface area (Å²) in [6, 6.07) is 5.58. The van der Waals surface area contributed by atoms with Gasteiger partial charge < -0.3 is 20.5 Å². The van der Waals surface area contributed by atoms with E-state index in [0.717, 1.165) is 17.5 Å². The van der Waals surface area contributed by atoms with Crippen LogP contribution in [0, 0.1) is 17.5 Å². The average molecular weight is 535 g/mol. The second-order valence-corrected chi connectivity index (χ2v) is 10.9. The van der Waals surface area contributed by atoms with E-state index in [2.05, 4.69) is 15.2 Å². The number of hydrogen-bond acceptors (Lipinski definition) is 5. The van der Waals surface area contributed by atoms with Crippen LogP contribution in [0.5, 0.6) is 0 Å². The van der Waals surface area contributed by atoms with Crippen LogP contribution in [0.1, 0.15) is 43.1 Å². The lowest BCUT2D eigenvalue weighted by Crippen LogP contribution is -2.54. The highest BCUT2D eigenvalue weighted by molar-refractivity contribution is 5.85. The molecule has 2 aliphatic heterocycles. The van der Waals surface area contributed by atoms with Crippen LogP contribution in [0.4, 0.5) is 23.2 Å². The molecule has 0 amide bonds. The Morgan fingerprint density at radius 1 is 1.11 bits per heavy atom. The number of likely N-dealkylation sites (tertiary alicyclic amines) is 1. The van der Waals surface area contributed by atoms with Gasteiger partial charge in [0.15, 0.2) is 0 Å². The molecule has 0 saturated carbocycles. The number of aliphatic hydroxyl groups is 2. The summed E-state index contributed by atoms with van der Waals surface area (Å²) in [5, 5.41) is 22.5. The van der Waals surface area contributed by atoms with Crippen LogP contribution in [-0.4, -0.2) is 82.1 Å². The number of anilines is 1. The molecular formula is C28H34F4N4O2. The molecule has 3 atom stereocenters. The van der Waals surface area contributed by atoms with Crippen molar-refractivity contribution in [1.29, 1.82) is 0 Å². The fraction of sp³-hybridized carbons (Fsp3) is 0.500. The number of fused-ring (bicyclic) bond motifs is 3. The van der Waals surface area contributed by atoms with E-state index >= 15 is 13.2 Å². The predicted octanol–water partition coefficient (Wildman–Crippen LogP) is 4.12. The Morgan fingerprint density at radius 2 is 1.82 bits per heavy atom. The molecule has 3 aromatic rings. The molecule has 3 heterocycles. The third-order valence-corrected chi connectivity index (χ3v) is 7.73. The molecule has 2 aliphatic rings. The number of aromatic nitrogens is 1. The van der Waals surface area contributed by atoms with Gasteiger partial charge in [-0.05, 0) is 62.6 Å². The van der Waals surface area contributed by atoms with Crippen molar-refractivity contribution in [2.75, 3.05) is 44.7 Å². The summed E-state index contributed by atoms with van der Waals surface area (Å²) in [6.07, 6.45) is 1.15. The Hall–Kier alpha value is -2.66. The first-order valence-electron chi connectivity index (χ1n) is 13.0. The fourth-order valence-corrected chi connectivity index (χ4v) is 5.83. The normalized spacial score (nSPS) is 22.3. The molecule has 38 heavy (non-hydrogen) atoms. The van der Waals surface area contributed by atoms with E-state index in [4.69, 9.17) is 5.11 Å². The van der Waals surface area contributed by atoms with Crippen LogP contribution in [0.2, 0.25) is 0 Å². The zero-order chi connectivity index (χ0) is 27.2. The fourth-order valence-electron chi connectivity index (χ4n) is 5.83. The molecule has 206 valence electrons. The number of alkyl halides is 1. The maximum absolute atomic E-state index is 15.8. The van der Waals surface area contributed by atoms with Crippen molar-refractivity contribution >= 4 is 16.6 Å². The quantitative estimate of drug-likeness (QED) is 0.311. The van der Waals surface area contributed by atoms with E-state index in [9.17, 15) is 9.50 Å². The molecule has 1 fully saturated rings. The molecule has 1 unspecified atom stereocenters. The summed E-state index contributed by atoms with van der Waals surface area (Å²) in [5.41, 5.74) is -0.0823. The summed E-state index contributed by atoms with van der Waals surface area (Å²) in [6.45, 7) is 4.45. The van der Waals surface area contributed by atoms with Crippen molar-refractivity contribution < 1.29 is 27.8 Å². The first-order valence-corrected chi connectivity index (χ1v) is 13.0. The highest BCUT2D eigenvalue weighted by Crippen LogP contribution is 2.43. The van der Waals surface area contributed by atoms with Crippen LogP contribution in [-0.2, 0) is 6.42 Å². The molecule has 2 aromatic carbocycles. The number of aromatic amines is 1. The first kappa shape index (κ1) is 26.9. The van der Waals surface area contributed by atoms with E-state index in [1.54, 1.807) is 11.0 Å². The zero-order valence-corrected chi connectivity index (χ0v) is 21.6. The Balaban J connectivity index is 1.52. The third kappa shape index (κ3) is 5.14. The molecule has 0 radical (unpaired) electrons. The predicted molar refractivity (Wildman–Crippen MR) is 138 cm³/mol. The largest absolute Gasteiger partial charge is 0.396 e. The Morgan fingerprint density at radius 3 is 2.47 bits per heavy atom. The van der Waals surface area contributed by atoms with Gasteiger partial charge in [0.05, 0.1) is 18.7 Å². The maximum atomic E-state index is 15.8. The lowest BCUT2D eigenvalue weighted by Gasteiger charge is -2.43. The molecule has 0 aliphatic carbocycles. The molecule has 1 aromatic heterocycles. The second-order valence-electron chi connectivity index (χ2n) is 10.9. The van der Waals surface area contributed by atoms with Gasteiger partial charge in [-0.3, -0.25) is 9.80 Å². The van der Waals surface area contributed by atoms with Crippen molar-refractivity contribution in [1.82, 2.24) is 14.8 Å². The number of hydrogen-bond donors (Lipinski definition) is 4. The Kier molecular flexibility index (Phi) is 7.43. The van der Waals surface area contributed by atoms with Crippen LogP contribution < -0.4 is 5.32 Å². The molecule has 4 N–H and O–H groups in total. The van der Waals surface area contributed by atoms with Crippen molar-refractivity contribution in [2.45, 2.75) is 50.5 Å². The highest BCUT2D eigenvalue weighted by Gasteiger charge is 2.42. The second kappa shape index (κ2) is 10.5. The minimum absolute atomic E-state index is 0.0385. The summed E-state index contributed by atoms with van der Waals surface area (Å²) < 4.78 is 60.6. The van der Waals surface area contributed by atoms with Gasteiger partial charge in [0, 0.05) is 66.7 Å². The van der Waals surface area contributed by atoms with Gasteiger partial charge in [-0.15, -0.1) is 0 Å². The number of H-pyrrole nitrogens is 1. The van der Waals surface area contributed by atoms with E-state index < -0.39 is 35.8 Å². The number of aliphatic hydroxyl groups excluding tert-OH is 2. The molecule has 5 rings (SSSR count). The Labute approximate surface area is 219 Å². The van der Waals surface area contributed by atoms with Gasteiger partial charge in [0.2, 0.25) is 0 Å². The van der Waals surface area contributed by atoms with Gasteiger partial charge in [-0.2, -0.15) is 0 Å². The van der Waals surface area contributed by atoms with Crippen molar-refractivity contribution in [3.05, 3.63) is 64.6 Å². The molecular weight excluding hydrogens is 500 g/mol. The SMILES string of the molecule is C[C@@H]1Cc2c([nH]c3cc(F)ccc23)[C@@H](c2c(F)cc(NC3CN(CCCO)C3)cc2F)N1CC(C)(F)CO.